The molecule has 0 aliphatic rings. The van der Waals surface area contributed by atoms with E-state index in [1.54, 1.807) is 20.3 Å². The second kappa shape index (κ2) is 9.62. The Hall–Kier alpha value is -3.02. The highest BCUT2D eigenvalue weighted by Gasteiger charge is 2.10. The van der Waals surface area contributed by atoms with Crippen LogP contribution in [0, 0.1) is 6.92 Å². The Bertz CT molecular complexity index is 816. The van der Waals surface area contributed by atoms with Gasteiger partial charge in [0.25, 0.3) is 5.91 Å². The number of hydrazone groups is 1. The lowest BCUT2D eigenvalue weighted by atomic mass is 10.0. The van der Waals surface area contributed by atoms with Gasteiger partial charge in [-0.25, -0.2) is 5.43 Å². The number of nitrogens with zero attached hydrogens (tertiary/aromatic N) is 1. The molecule has 0 spiro atoms. The first-order valence-electron chi connectivity index (χ1n) is 8.72. The highest BCUT2D eigenvalue weighted by molar-refractivity contribution is 5.86. The van der Waals surface area contributed by atoms with Crippen LogP contribution in [0.4, 0.5) is 0 Å². The molecule has 27 heavy (non-hydrogen) atoms. The Morgan fingerprint density at radius 3 is 2.59 bits per heavy atom. The maximum atomic E-state index is 12.0. The smallest absolute Gasteiger partial charge is 0.277 e. The number of aryl methyl sites for hydroxylation is 1. The fourth-order valence-corrected chi connectivity index (χ4v) is 2.61. The molecule has 0 aliphatic heterocycles. The van der Waals surface area contributed by atoms with E-state index in [0.29, 0.717) is 23.0 Å². The zero-order chi connectivity index (χ0) is 19.8. The molecule has 1 amide bonds. The van der Waals surface area contributed by atoms with Gasteiger partial charge in [-0.3, -0.25) is 4.79 Å². The van der Waals surface area contributed by atoms with E-state index < -0.39 is 0 Å². The Kier molecular flexibility index (Phi) is 7.23. The van der Waals surface area contributed by atoms with Crippen molar-refractivity contribution >= 4 is 12.1 Å². The molecule has 6 heteroatoms. The monoisotopic (exact) mass is 370 g/mol. The normalized spacial score (nSPS) is 10.9. The van der Waals surface area contributed by atoms with Crippen LogP contribution in [0.3, 0.4) is 0 Å². The van der Waals surface area contributed by atoms with Gasteiger partial charge in [0.05, 0.1) is 20.4 Å². The van der Waals surface area contributed by atoms with Crippen LogP contribution < -0.4 is 19.6 Å². The molecule has 0 radical (unpaired) electrons. The van der Waals surface area contributed by atoms with Crippen LogP contribution in [0.2, 0.25) is 0 Å². The number of methoxy groups -OCH3 is 2. The molecule has 2 aromatic carbocycles. The van der Waals surface area contributed by atoms with E-state index in [1.165, 1.54) is 6.21 Å². The summed E-state index contributed by atoms with van der Waals surface area (Å²) in [6.45, 7) is 6.05. The number of amides is 1. The second-order valence-electron chi connectivity index (χ2n) is 6.36. The van der Waals surface area contributed by atoms with Crippen molar-refractivity contribution in [1.29, 1.82) is 0 Å². The molecular formula is C21H26N2O4. The molecule has 0 saturated heterocycles. The number of benzene rings is 2. The molecule has 2 rings (SSSR count). The third-order valence-electron chi connectivity index (χ3n) is 3.98. The topological polar surface area (TPSA) is 69.2 Å². The Morgan fingerprint density at radius 1 is 1.15 bits per heavy atom. The highest BCUT2D eigenvalue weighted by Crippen LogP contribution is 2.29. The minimum absolute atomic E-state index is 0.115. The first-order chi connectivity index (χ1) is 13.0. The van der Waals surface area contributed by atoms with Crippen molar-refractivity contribution in [2.24, 2.45) is 5.10 Å². The summed E-state index contributed by atoms with van der Waals surface area (Å²) in [4.78, 5) is 12.0. The number of hydrogen-bond donors (Lipinski definition) is 1. The van der Waals surface area contributed by atoms with Gasteiger partial charge in [0.1, 0.15) is 5.75 Å². The number of rotatable bonds is 8. The van der Waals surface area contributed by atoms with Crippen molar-refractivity contribution in [1.82, 2.24) is 5.43 Å². The molecule has 144 valence electrons. The number of nitrogens with one attached hydrogen (secondary N) is 1. The molecule has 0 atom stereocenters. The van der Waals surface area contributed by atoms with Gasteiger partial charge in [0.15, 0.2) is 18.1 Å². The number of hydrogen-bond acceptors (Lipinski definition) is 5. The van der Waals surface area contributed by atoms with E-state index in [1.807, 2.05) is 37.3 Å². The minimum atomic E-state index is -0.343. The second-order valence-corrected chi connectivity index (χ2v) is 6.36. The quantitative estimate of drug-likeness (QED) is 0.569. The van der Waals surface area contributed by atoms with Crippen LogP contribution in [-0.4, -0.2) is 32.9 Å². The van der Waals surface area contributed by atoms with Crippen molar-refractivity contribution in [3.05, 3.63) is 53.1 Å². The summed E-state index contributed by atoms with van der Waals surface area (Å²) in [6.07, 6.45) is 1.51. The van der Waals surface area contributed by atoms with Crippen molar-refractivity contribution in [3.8, 4) is 17.2 Å². The summed E-state index contributed by atoms with van der Waals surface area (Å²) in [7, 11) is 3.12. The first kappa shape index (κ1) is 20.3. The third-order valence-corrected chi connectivity index (χ3v) is 3.98. The summed E-state index contributed by atoms with van der Waals surface area (Å²) >= 11 is 0. The van der Waals surface area contributed by atoms with E-state index in [0.717, 1.165) is 16.9 Å². The average molecular weight is 370 g/mol. The van der Waals surface area contributed by atoms with Crippen LogP contribution in [0.15, 0.2) is 41.5 Å². The van der Waals surface area contributed by atoms with Crippen molar-refractivity contribution in [3.63, 3.8) is 0 Å². The standard InChI is InChI=1S/C21H26N2O4/c1-14(2)17-10-9-15(3)11-19(17)27-13-20(24)23-22-12-16-7-6-8-18(25-4)21(16)26-5/h6-12,14H,13H2,1-5H3,(H,23,24)/b22-12-. The van der Waals surface area contributed by atoms with Gasteiger partial charge >= 0.3 is 0 Å². The molecule has 6 nitrogen and oxygen atoms in total. The first-order valence-corrected chi connectivity index (χ1v) is 8.72. The molecule has 0 bridgehead atoms. The number of ether oxygens (including phenoxy) is 3. The minimum Gasteiger partial charge on any atom is -0.493 e. The van der Waals surface area contributed by atoms with E-state index in [2.05, 4.69) is 24.4 Å². The van der Waals surface area contributed by atoms with Crippen molar-refractivity contribution in [2.45, 2.75) is 26.7 Å². The Labute approximate surface area is 160 Å². The molecule has 0 aliphatic carbocycles. The maximum Gasteiger partial charge on any atom is 0.277 e. The largest absolute Gasteiger partial charge is 0.493 e. The zero-order valence-corrected chi connectivity index (χ0v) is 16.4. The van der Waals surface area contributed by atoms with Gasteiger partial charge in [-0.05, 0) is 42.2 Å². The fourth-order valence-electron chi connectivity index (χ4n) is 2.61. The summed E-state index contributed by atoms with van der Waals surface area (Å²) in [5, 5.41) is 3.97. The molecular weight excluding hydrogens is 344 g/mol. The van der Waals surface area contributed by atoms with Gasteiger partial charge in [-0.1, -0.05) is 32.0 Å². The van der Waals surface area contributed by atoms with Crippen LogP contribution in [0.25, 0.3) is 0 Å². The molecule has 0 fully saturated rings. The molecule has 0 heterocycles. The van der Waals surface area contributed by atoms with Crippen LogP contribution in [0.5, 0.6) is 17.2 Å². The van der Waals surface area contributed by atoms with Crippen LogP contribution in [0.1, 0.15) is 36.5 Å². The van der Waals surface area contributed by atoms with Gasteiger partial charge in [0.2, 0.25) is 0 Å². The van der Waals surface area contributed by atoms with Crippen LogP contribution >= 0.6 is 0 Å². The molecule has 0 aromatic heterocycles. The van der Waals surface area contributed by atoms with Crippen molar-refractivity contribution < 1.29 is 19.0 Å². The Balaban J connectivity index is 1.98. The van der Waals surface area contributed by atoms with Crippen LogP contribution in [-0.2, 0) is 4.79 Å². The van der Waals surface area contributed by atoms with Gasteiger partial charge in [0, 0.05) is 5.56 Å². The lowest BCUT2D eigenvalue weighted by Crippen LogP contribution is -2.25. The SMILES string of the molecule is COc1cccc(/C=N\NC(=O)COc2cc(C)ccc2C(C)C)c1OC. The lowest BCUT2D eigenvalue weighted by Gasteiger charge is -2.14. The van der Waals surface area contributed by atoms with Gasteiger partial charge < -0.3 is 14.2 Å². The Morgan fingerprint density at radius 2 is 1.93 bits per heavy atom. The van der Waals surface area contributed by atoms with E-state index in [4.69, 9.17) is 14.2 Å². The maximum absolute atomic E-state index is 12.0. The zero-order valence-electron chi connectivity index (χ0n) is 16.4. The third kappa shape index (κ3) is 5.48. The number of carbonyl (C=O) groups is 1. The van der Waals surface area contributed by atoms with E-state index >= 15 is 0 Å². The van der Waals surface area contributed by atoms with E-state index in [9.17, 15) is 4.79 Å². The van der Waals surface area contributed by atoms with Crippen molar-refractivity contribution in [2.75, 3.05) is 20.8 Å². The number of carbonyl (C=O) groups excluding carboxylic acids is 1. The summed E-state index contributed by atoms with van der Waals surface area (Å²) in [5.41, 5.74) is 5.31. The summed E-state index contributed by atoms with van der Waals surface area (Å²) in [5.74, 6) is 1.83. The highest BCUT2D eigenvalue weighted by atomic mass is 16.5. The predicted molar refractivity (Wildman–Crippen MR) is 106 cm³/mol. The number of para-hydroxylation sites is 1. The lowest BCUT2D eigenvalue weighted by molar-refractivity contribution is -0.123. The van der Waals surface area contributed by atoms with E-state index in [-0.39, 0.29) is 12.5 Å². The molecule has 0 saturated carbocycles. The fraction of sp³-hybridized carbons (Fsp3) is 0.333. The van der Waals surface area contributed by atoms with Gasteiger partial charge in [-0.2, -0.15) is 5.10 Å². The summed E-state index contributed by atoms with van der Waals surface area (Å²) < 4.78 is 16.3. The predicted octanol–water partition coefficient (Wildman–Crippen LogP) is 3.66. The summed E-state index contributed by atoms with van der Waals surface area (Å²) in [6, 6.07) is 11.4. The molecule has 1 N–H and O–H groups in total. The molecule has 2 aromatic rings. The average Bonchev–Trinajstić information content (AvgIpc) is 2.65. The van der Waals surface area contributed by atoms with Gasteiger partial charge in [-0.15, -0.1) is 0 Å². The molecule has 0 unspecified atom stereocenters.